The van der Waals surface area contributed by atoms with Crippen molar-refractivity contribution in [3.63, 3.8) is 0 Å². The van der Waals surface area contributed by atoms with Gasteiger partial charge in [0.15, 0.2) is 0 Å². The maximum Gasteiger partial charge on any atom is 0.573 e. The molecule has 1 fully saturated rings. The van der Waals surface area contributed by atoms with Gasteiger partial charge in [0, 0.05) is 41.3 Å². The van der Waals surface area contributed by atoms with Crippen LogP contribution in [0.3, 0.4) is 0 Å². The van der Waals surface area contributed by atoms with Crippen molar-refractivity contribution < 1.29 is 22.7 Å². The first-order valence-electron chi connectivity index (χ1n) is 13.1. The molecule has 0 aliphatic heterocycles. The minimum absolute atomic E-state index is 0.120. The van der Waals surface area contributed by atoms with Gasteiger partial charge in [-0.1, -0.05) is 24.3 Å². The molecule has 11 heteroatoms. The zero-order chi connectivity index (χ0) is 27.9. The van der Waals surface area contributed by atoms with Crippen molar-refractivity contribution >= 4 is 28.1 Å². The Bertz CT molecular complexity index is 1650. The number of nitrogens with two attached hydrogens (primary N) is 1. The lowest BCUT2D eigenvalue weighted by Crippen LogP contribution is -2.31. The summed E-state index contributed by atoms with van der Waals surface area (Å²) in [4.78, 5) is 25.4. The molecule has 0 atom stereocenters. The predicted molar refractivity (Wildman–Crippen MR) is 145 cm³/mol. The number of carbonyl (C=O) groups excluding carboxylic acids is 1. The number of H-pyrrole nitrogens is 1. The molecule has 0 spiro atoms. The van der Waals surface area contributed by atoms with E-state index in [4.69, 9.17) is 10.7 Å². The monoisotopic (exact) mass is 548 g/mol. The van der Waals surface area contributed by atoms with E-state index in [1.54, 1.807) is 6.20 Å². The molecule has 40 heavy (non-hydrogen) atoms. The number of nitrogen functional groups attached to an aromatic ring is 1. The van der Waals surface area contributed by atoms with Gasteiger partial charge < -0.3 is 20.8 Å². The highest BCUT2D eigenvalue weighted by Crippen LogP contribution is 2.38. The number of imidazole rings is 1. The van der Waals surface area contributed by atoms with Crippen LogP contribution in [-0.2, 0) is 0 Å². The Kier molecular flexibility index (Phi) is 6.57. The Hall–Kier alpha value is -4.54. The number of amides is 1. The third kappa shape index (κ3) is 5.18. The number of hydrogen-bond acceptors (Lipinski definition) is 5. The van der Waals surface area contributed by atoms with E-state index in [2.05, 4.69) is 26.1 Å². The summed E-state index contributed by atoms with van der Waals surface area (Å²) in [6.45, 7) is 0.440. The number of halogens is 3. The van der Waals surface area contributed by atoms with Crippen molar-refractivity contribution in [2.45, 2.75) is 38.0 Å². The maximum atomic E-state index is 12.6. The number of nitrogens with one attached hydrogen (secondary N) is 2. The molecule has 3 aromatic heterocycles. The minimum atomic E-state index is -4.81. The van der Waals surface area contributed by atoms with Crippen molar-refractivity contribution in [3.8, 4) is 17.1 Å². The number of fused-ring (bicyclic) bond motifs is 2. The van der Waals surface area contributed by atoms with Gasteiger partial charge in [-0.2, -0.15) is 0 Å². The summed E-state index contributed by atoms with van der Waals surface area (Å²) in [5.74, 6) is 0.949. The SMILES string of the molecule is Nc1nccn2c1c(-c1cc3ccccc3[nH]1)nc2[C@H]1CC[C@H](CNC(=O)c2cccc(OC(F)(F)F)c2)CC1. The third-order valence-electron chi connectivity index (χ3n) is 7.49. The lowest BCUT2D eigenvalue weighted by Gasteiger charge is -2.28. The second-order valence-corrected chi connectivity index (χ2v) is 10.1. The second kappa shape index (κ2) is 10.2. The lowest BCUT2D eigenvalue weighted by atomic mass is 9.81. The molecule has 0 bridgehead atoms. The van der Waals surface area contributed by atoms with E-state index in [0.29, 0.717) is 12.4 Å². The predicted octanol–water partition coefficient (Wildman–Crippen LogP) is 6.06. The number of anilines is 1. The van der Waals surface area contributed by atoms with Gasteiger partial charge in [-0.25, -0.2) is 9.97 Å². The average Bonchev–Trinajstić information content (AvgIpc) is 3.54. The summed E-state index contributed by atoms with van der Waals surface area (Å²) in [5.41, 5.74) is 9.88. The number of rotatable bonds is 6. The van der Waals surface area contributed by atoms with Gasteiger partial charge in [-0.3, -0.25) is 9.20 Å². The number of benzene rings is 2. The molecule has 2 aromatic carbocycles. The van der Waals surface area contributed by atoms with E-state index < -0.39 is 18.0 Å². The molecule has 3 heterocycles. The molecule has 1 saturated carbocycles. The van der Waals surface area contributed by atoms with Crippen LogP contribution in [0.25, 0.3) is 27.8 Å². The number of nitrogens with zero attached hydrogens (tertiary/aromatic N) is 3. The lowest BCUT2D eigenvalue weighted by molar-refractivity contribution is -0.274. The number of carbonyl (C=O) groups is 1. The van der Waals surface area contributed by atoms with Gasteiger partial charge in [0.05, 0.1) is 5.69 Å². The molecule has 0 unspecified atom stereocenters. The molecule has 0 saturated heterocycles. The topological polar surface area (TPSA) is 110 Å². The summed E-state index contributed by atoms with van der Waals surface area (Å²) in [6.07, 6.45) is 2.26. The van der Waals surface area contributed by atoms with Crippen LogP contribution in [0.15, 0.2) is 67.0 Å². The van der Waals surface area contributed by atoms with Crippen LogP contribution in [0.1, 0.15) is 47.8 Å². The minimum Gasteiger partial charge on any atom is -0.406 e. The van der Waals surface area contributed by atoms with E-state index in [-0.39, 0.29) is 17.4 Å². The Labute approximate surface area is 227 Å². The zero-order valence-electron chi connectivity index (χ0n) is 21.4. The van der Waals surface area contributed by atoms with Crippen LogP contribution in [0.4, 0.5) is 19.0 Å². The van der Waals surface area contributed by atoms with Crippen LogP contribution in [0.5, 0.6) is 5.75 Å². The molecule has 8 nitrogen and oxygen atoms in total. The second-order valence-electron chi connectivity index (χ2n) is 10.1. The van der Waals surface area contributed by atoms with Crippen molar-refractivity contribution in [3.05, 3.63) is 78.4 Å². The number of para-hydroxylation sites is 1. The Morgan fingerprint density at radius 3 is 2.67 bits per heavy atom. The van der Waals surface area contributed by atoms with E-state index in [1.807, 2.05) is 34.9 Å². The molecule has 1 amide bonds. The Morgan fingerprint density at radius 2 is 1.90 bits per heavy atom. The van der Waals surface area contributed by atoms with Crippen LogP contribution in [0, 0.1) is 5.92 Å². The maximum absolute atomic E-state index is 12.6. The molecule has 0 radical (unpaired) electrons. The first-order chi connectivity index (χ1) is 19.2. The number of hydrogen-bond donors (Lipinski definition) is 3. The van der Waals surface area contributed by atoms with Gasteiger partial charge in [-0.05, 0) is 61.9 Å². The summed E-state index contributed by atoms with van der Waals surface area (Å²) in [5, 5.41) is 3.95. The van der Waals surface area contributed by atoms with Gasteiger partial charge in [0.2, 0.25) is 0 Å². The normalized spacial score (nSPS) is 17.8. The van der Waals surface area contributed by atoms with Crippen LogP contribution >= 0.6 is 0 Å². The smallest absolute Gasteiger partial charge is 0.406 e. The highest BCUT2D eigenvalue weighted by atomic mass is 19.4. The quantitative estimate of drug-likeness (QED) is 0.239. The van der Waals surface area contributed by atoms with E-state index in [0.717, 1.165) is 71.4 Å². The summed E-state index contributed by atoms with van der Waals surface area (Å²) in [6, 6.07) is 15.2. The Balaban J connectivity index is 1.14. The largest absolute Gasteiger partial charge is 0.573 e. The molecule has 5 aromatic rings. The van der Waals surface area contributed by atoms with Crippen molar-refractivity contribution in [1.82, 2.24) is 24.7 Å². The van der Waals surface area contributed by atoms with Gasteiger partial charge in [0.25, 0.3) is 5.91 Å². The van der Waals surface area contributed by atoms with Gasteiger partial charge in [0.1, 0.15) is 28.6 Å². The van der Waals surface area contributed by atoms with Crippen LogP contribution in [0.2, 0.25) is 0 Å². The fraction of sp³-hybridized carbons (Fsp3) is 0.276. The van der Waals surface area contributed by atoms with Crippen LogP contribution in [-0.4, -0.2) is 38.2 Å². The molecule has 4 N–H and O–H groups in total. The first kappa shape index (κ1) is 25.7. The van der Waals surface area contributed by atoms with Crippen molar-refractivity contribution in [2.75, 3.05) is 12.3 Å². The average molecular weight is 549 g/mol. The zero-order valence-corrected chi connectivity index (χ0v) is 21.4. The summed E-state index contributed by atoms with van der Waals surface area (Å²) < 4.78 is 43.5. The fourth-order valence-electron chi connectivity index (χ4n) is 5.56. The third-order valence-corrected chi connectivity index (χ3v) is 7.49. The Morgan fingerprint density at radius 1 is 1.10 bits per heavy atom. The standard InChI is InChI=1S/C29H27F3N6O2/c30-29(31,32)40-21-6-3-5-20(14-21)28(39)35-16-17-8-10-18(11-9-17)27-37-24(25-26(33)34-12-13-38(25)27)23-15-19-4-1-2-7-22(19)36-23/h1-7,12-15,17-18,36H,8-11,16H2,(H2,33,34)(H,35,39)/t17-,18-. The highest BCUT2D eigenvalue weighted by Gasteiger charge is 2.31. The number of ether oxygens (including phenoxy) is 1. The molecule has 6 rings (SSSR count). The number of aromatic nitrogens is 4. The fourth-order valence-corrected chi connectivity index (χ4v) is 5.56. The van der Waals surface area contributed by atoms with E-state index in [9.17, 15) is 18.0 Å². The van der Waals surface area contributed by atoms with Gasteiger partial charge >= 0.3 is 6.36 Å². The summed E-state index contributed by atoms with van der Waals surface area (Å²) in [7, 11) is 0. The molecular weight excluding hydrogens is 521 g/mol. The first-order valence-corrected chi connectivity index (χ1v) is 13.1. The van der Waals surface area contributed by atoms with E-state index in [1.165, 1.54) is 12.1 Å². The van der Waals surface area contributed by atoms with Crippen molar-refractivity contribution in [1.29, 1.82) is 0 Å². The molecule has 206 valence electrons. The number of aromatic amines is 1. The van der Waals surface area contributed by atoms with E-state index >= 15 is 0 Å². The summed E-state index contributed by atoms with van der Waals surface area (Å²) >= 11 is 0. The molecular formula is C29H27F3N6O2. The van der Waals surface area contributed by atoms with Gasteiger partial charge in [-0.15, -0.1) is 13.2 Å². The molecule has 1 aliphatic carbocycles. The van der Waals surface area contributed by atoms with Crippen LogP contribution < -0.4 is 15.8 Å². The van der Waals surface area contributed by atoms with Crippen molar-refractivity contribution in [2.24, 2.45) is 5.92 Å². The number of alkyl halides is 3. The highest BCUT2D eigenvalue weighted by molar-refractivity contribution is 5.94. The molecule has 1 aliphatic rings.